The first kappa shape index (κ1) is 26.2. The van der Waals surface area contributed by atoms with E-state index >= 15 is 0 Å². The van der Waals surface area contributed by atoms with Crippen LogP contribution in [0.4, 0.5) is 5.95 Å². The maximum absolute atomic E-state index is 13.0. The van der Waals surface area contributed by atoms with E-state index in [-0.39, 0.29) is 0 Å². The molecule has 0 bridgehead atoms. The molecule has 0 saturated carbocycles. The summed E-state index contributed by atoms with van der Waals surface area (Å²) in [5.41, 5.74) is -1.71. The van der Waals surface area contributed by atoms with Gasteiger partial charge in [0.1, 0.15) is 67.4 Å². The minimum atomic E-state index is -3.05. The van der Waals surface area contributed by atoms with Crippen molar-refractivity contribution in [3.63, 3.8) is 0 Å². The van der Waals surface area contributed by atoms with Gasteiger partial charge in [-0.15, -0.1) is 0 Å². The zero-order valence-electron chi connectivity index (χ0n) is 18.0. The lowest BCUT2D eigenvalue weighted by Crippen LogP contribution is -2.73. The van der Waals surface area contributed by atoms with Crippen molar-refractivity contribution in [3.05, 3.63) is 16.8 Å². The van der Waals surface area contributed by atoms with E-state index in [2.05, 4.69) is 9.97 Å². The first-order valence-electron chi connectivity index (χ1n) is 10.6. The molecule has 11 N–H and O–H groups in total. The number of anilines is 1. The molecule has 0 aliphatic carbocycles. The van der Waals surface area contributed by atoms with Gasteiger partial charge in [0.2, 0.25) is 11.7 Å². The van der Waals surface area contributed by atoms with Crippen molar-refractivity contribution < 1.29 is 60.2 Å². The number of nitrogen functional groups attached to an aromatic ring is 1. The van der Waals surface area contributed by atoms with Crippen LogP contribution in [0.15, 0.2) is 11.1 Å². The summed E-state index contributed by atoms with van der Waals surface area (Å²) in [6.45, 7) is -2.62. The van der Waals surface area contributed by atoms with Crippen molar-refractivity contribution in [3.8, 4) is 0 Å². The molecular formula is C18H28N4O13. The van der Waals surface area contributed by atoms with Crippen LogP contribution >= 0.6 is 0 Å². The lowest BCUT2D eigenvalue weighted by molar-refractivity contribution is -0.299. The van der Waals surface area contributed by atoms with E-state index in [4.69, 9.17) is 19.9 Å². The lowest BCUT2D eigenvalue weighted by atomic mass is 9.74. The Bertz CT molecular complexity index is 984. The summed E-state index contributed by atoms with van der Waals surface area (Å²) in [4.78, 5) is 20.1. The third kappa shape index (κ3) is 3.51. The first-order valence-corrected chi connectivity index (χ1v) is 10.6. The summed E-state index contributed by atoms with van der Waals surface area (Å²) in [5, 5.41) is 94.4. The van der Waals surface area contributed by atoms with Gasteiger partial charge >= 0.3 is 5.69 Å². The molecule has 3 aliphatic heterocycles. The van der Waals surface area contributed by atoms with Gasteiger partial charge in [0.05, 0.1) is 19.8 Å². The van der Waals surface area contributed by atoms with Crippen molar-refractivity contribution in [2.45, 2.75) is 72.4 Å². The fourth-order valence-electron chi connectivity index (χ4n) is 5.14. The molecule has 2 unspecified atom stereocenters. The summed E-state index contributed by atoms with van der Waals surface area (Å²) >= 11 is 0. The molecule has 0 radical (unpaired) electrons. The fourth-order valence-corrected chi connectivity index (χ4v) is 5.14. The molecule has 3 aliphatic rings. The lowest BCUT2D eigenvalue weighted by Gasteiger charge is -2.48. The first-order chi connectivity index (χ1) is 16.5. The minimum Gasteiger partial charge on any atom is -0.394 e. The van der Waals surface area contributed by atoms with E-state index in [0.717, 1.165) is 6.33 Å². The van der Waals surface area contributed by atoms with E-state index in [9.17, 15) is 50.8 Å². The molecule has 3 saturated heterocycles. The molecule has 1 aromatic rings. The zero-order chi connectivity index (χ0) is 25.9. The summed E-state index contributed by atoms with van der Waals surface area (Å²) in [6, 6.07) is 0. The average molecular weight is 508 g/mol. The summed E-state index contributed by atoms with van der Waals surface area (Å²) in [6.07, 6.45) is -17.7. The molecule has 12 atom stereocenters. The molecule has 17 nitrogen and oxygen atoms in total. The number of hydrogen-bond acceptors (Lipinski definition) is 16. The Balaban J connectivity index is 2.00. The molecule has 35 heavy (non-hydrogen) atoms. The molecule has 4 rings (SSSR count). The molecule has 1 aromatic heterocycles. The van der Waals surface area contributed by atoms with Crippen LogP contribution < -0.4 is 11.4 Å². The van der Waals surface area contributed by atoms with E-state index in [1.165, 1.54) is 0 Å². The van der Waals surface area contributed by atoms with Crippen molar-refractivity contribution >= 4 is 5.95 Å². The van der Waals surface area contributed by atoms with Crippen LogP contribution in [0.1, 0.15) is 0 Å². The summed E-state index contributed by atoms with van der Waals surface area (Å²) in [7, 11) is 0. The Kier molecular flexibility index (Phi) is 6.90. The van der Waals surface area contributed by atoms with E-state index < -0.39 is 104 Å². The third-order valence-corrected chi connectivity index (χ3v) is 6.87. The van der Waals surface area contributed by atoms with E-state index in [1.54, 1.807) is 0 Å². The topological polar surface area (TPSA) is 284 Å². The second-order valence-electron chi connectivity index (χ2n) is 8.69. The Morgan fingerprint density at radius 3 is 1.89 bits per heavy atom. The Morgan fingerprint density at radius 1 is 0.886 bits per heavy atom. The van der Waals surface area contributed by atoms with Crippen LogP contribution in [0.5, 0.6) is 0 Å². The molecular weight excluding hydrogens is 480 g/mol. The van der Waals surface area contributed by atoms with Crippen molar-refractivity contribution in [2.75, 3.05) is 25.6 Å². The number of aliphatic hydroxyl groups is 9. The van der Waals surface area contributed by atoms with Gasteiger partial charge in [-0.1, -0.05) is 0 Å². The van der Waals surface area contributed by atoms with Crippen LogP contribution in [0.2, 0.25) is 0 Å². The van der Waals surface area contributed by atoms with Gasteiger partial charge < -0.3 is 65.9 Å². The number of aromatic nitrogens is 3. The Labute approximate surface area is 196 Å². The van der Waals surface area contributed by atoms with Crippen molar-refractivity contribution in [1.82, 2.24) is 14.5 Å². The smallest absolute Gasteiger partial charge is 0.354 e. The van der Waals surface area contributed by atoms with Gasteiger partial charge in [0.15, 0.2) is 5.60 Å². The molecule has 17 heteroatoms. The van der Waals surface area contributed by atoms with Gasteiger partial charge in [0.25, 0.3) is 0 Å². The highest BCUT2D eigenvalue weighted by Crippen LogP contribution is 2.53. The highest BCUT2D eigenvalue weighted by molar-refractivity contribution is 5.23. The Hall–Kier alpha value is -1.87. The van der Waals surface area contributed by atoms with Gasteiger partial charge in [0, 0.05) is 0 Å². The highest BCUT2D eigenvalue weighted by Gasteiger charge is 2.78. The normalized spacial score (nSPS) is 48.0. The quantitative estimate of drug-likeness (QED) is 0.171. The number of nitrogens with zero attached hydrogens (tertiary/aromatic N) is 3. The minimum absolute atomic E-state index is 0.470. The third-order valence-electron chi connectivity index (χ3n) is 6.87. The number of rotatable bonds is 6. The Morgan fingerprint density at radius 2 is 1.40 bits per heavy atom. The molecule has 3 fully saturated rings. The maximum atomic E-state index is 13.0. The van der Waals surface area contributed by atoms with Crippen molar-refractivity contribution in [1.29, 1.82) is 0 Å². The van der Waals surface area contributed by atoms with Gasteiger partial charge in [-0.25, -0.2) is 14.3 Å². The van der Waals surface area contributed by atoms with Crippen LogP contribution in [0.25, 0.3) is 0 Å². The molecule has 0 spiro atoms. The molecule has 198 valence electrons. The van der Waals surface area contributed by atoms with Gasteiger partial charge in [-0.3, -0.25) is 0 Å². The maximum Gasteiger partial charge on any atom is 0.354 e. The number of nitrogens with two attached hydrogens (primary N) is 1. The fraction of sp³-hybridized carbons (Fsp3) is 0.833. The van der Waals surface area contributed by atoms with Gasteiger partial charge in [-0.05, 0) is 0 Å². The second-order valence-corrected chi connectivity index (χ2v) is 8.69. The van der Waals surface area contributed by atoms with Crippen molar-refractivity contribution in [2.24, 2.45) is 0 Å². The zero-order valence-corrected chi connectivity index (χ0v) is 18.0. The van der Waals surface area contributed by atoms with E-state index in [1.807, 2.05) is 0 Å². The molecule has 0 aromatic carbocycles. The van der Waals surface area contributed by atoms with Gasteiger partial charge in [-0.2, -0.15) is 4.98 Å². The SMILES string of the molecule is Nc1ncn([C@]2(C3O[C@H](CO)[C@@H](O)[C@@H]3O)O[C@H](CO)[C@@H](O)[C@]2(O)C2O[C@H](CO)[C@@H](O)[C@@H]2O)c(=O)n1. The second kappa shape index (κ2) is 9.21. The largest absolute Gasteiger partial charge is 0.394 e. The summed E-state index contributed by atoms with van der Waals surface area (Å²) in [5.74, 6) is -0.503. The van der Waals surface area contributed by atoms with Crippen LogP contribution in [0, 0.1) is 0 Å². The summed E-state index contributed by atoms with van der Waals surface area (Å²) < 4.78 is 17.2. The molecule has 0 amide bonds. The number of ether oxygens (including phenoxy) is 3. The molecule has 4 heterocycles. The monoisotopic (exact) mass is 508 g/mol. The predicted molar refractivity (Wildman–Crippen MR) is 107 cm³/mol. The van der Waals surface area contributed by atoms with Crippen LogP contribution in [-0.4, -0.2) is 147 Å². The average Bonchev–Trinajstić information content (AvgIpc) is 3.38. The van der Waals surface area contributed by atoms with Crippen LogP contribution in [-0.2, 0) is 19.9 Å². The number of aliphatic hydroxyl groups excluding tert-OH is 8. The van der Waals surface area contributed by atoms with E-state index in [0.29, 0.717) is 4.57 Å². The number of hydrogen-bond donors (Lipinski definition) is 10. The standard InChI is InChI=1S/C18H28N4O13/c19-15-20-4-22(16(31)21-15)18(14-11(29)9(27)6(2-24)34-14)17(32,12(30)7(3-25)35-18)13-10(28)8(26)5(1-23)33-13/h4-14,23-30,32H,1-3H2,(H2,19,21,31)/t5-,6-,7-,8-,9-,10+,11+,12-,13?,14?,17+,18-/m1/s1. The van der Waals surface area contributed by atoms with Crippen LogP contribution in [0.3, 0.4) is 0 Å². The highest BCUT2D eigenvalue weighted by atomic mass is 16.6. The predicted octanol–water partition coefficient (Wildman–Crippen LogP) is -7.68.